The van der Waals surface area contributed by atoms with Crippen LogP contribution in [0.25, 0.3) is 0 Å². The van der Waals surface area contributed by atoms with Crippen molar-refractivity contribution < 1.29 is 4.74 Å². The zero-order valence-electron chi connectivity index (χ0n) is 9.75. The molecule has 0 saturated carbocycles. The smallest absolute Gasteiger partial charge is 0.0593 e. The van der Waals surface area contributed by atoms with Gasteiger partial charge in [0, 0.05) is 31.8 Å². The van der Waals surface area contributed by atoms with E-state index >= 15 is 0 Å². The molecule has 1 aliphatic heterocycles. The van der Waals surface area contributed by atoms with Gasteiger partial charge in [-0.05, 0) is 19.9 Å². The SMILES string of the molecule is CCOCCN1CCC(NC(C)C)C1. The lowest BCUT2D eigenvalue weighted by atomic mass is 10.2. The van der Waals surface area contributed by atoms with Crippen molar-refractivity contribution in [2.45, 2.75) is 39.3 Å². The first kappa shape index (κ1) is 12.0. The summed E-state index contributed by atoms with van der Waals surface area (Å²) >= 11 is 0. The second-order valence-corrected chi connectivity index (χ2v) is 4.30. The van der Waals surface area contributed by atoms with Gasteiger partial charge in [0.05, 0.1) is 6.61 Å². The van der Waals surface area contributed by atoms with E-state index in [0.29, 0.717) is 12.1 Å². The molecular weight excluding hydrogens is 176 g/mol. The predicted molar refractivity (Wildman–Crippen MR) is 59.6 cm³/mol. The first-order chi connectivity index (χ1) is 6.72. The van der Waals surface area contributed by atoms with Crippen molar-refractivity contribution in [3.63, 3.8) is 0 Å². The van der Waals surface area contributed by atoms with Gasteiger partial charge in [-0.15, -0.1) is 0 Å². The molecular formula is C11H24N2O. The molecule has 0 radical (unpaired) electrons. The third kappa shape index (κ3) is 4.40. The minimum atomic E-state index is 0.604. The first-order valence-electron chi connectivity index (χ1n) is 5.78. The van der Waals surface area contributed by atoms with E-state index in [1.165, 1.54) is 19.5 Å². The van der Waals surface area contributed by atoms with Crippen LogP contribution in [0.4, 0.5) is 0 Å². The Balaban J connectivity index is 2.08. The highest BCUT2D eigenvalue weighted by Crippen LogP contribution is 2.08. The fourth-order valence-corrected chi connectivity index (χ4v) is 1.98. The Morgan fingerprint density at radius 2 is 2.29 bits per heavy atom. The fourth-order valence-electron chi connectivity index (χ4n) is 1.98. The third-order valence-electron chi connectivity index (χ3n) is 2.60. The Kier molecular flexibility index (Phi) is 5.45. The number of likely N-dealkylation sites (tertiary alicyclic amines) is 1. The van der Waals surface area contributed by atoms with E-state index in [-0.39, 0.29) is 0 Å². The average molecular weight is 200 g/mol. The summed E-state index contributed by atoms with van der Waals surface area (Å²) in [7, 11) is 0. The van der Waals surface area contributed by atoms with Crippen LogP contribution >= 0.6 is 0 Å². The Morgan fingerprint density at radius 3 is 2.93 bits per heavy atom. The summed E-state index contributed by atoms with van der Waals surface area (Å²) in [5, 5.41) is 3.58. The number of nitrogens with one attached hydrogen (secondary N) is 1. The number of hydrogen-bond donors (Lipinski definition) is 1. The van der Waals surface area contributed by atoms with Gasteiger partial charge >= 0.3 is 0 Å². The van der Waals surface area contributed by atoms with Crippen LogP contribution in [-0.2, 0) is 4.74 Å². The Hall–Kier alpha value is -0.120. The maximum atomic E-state index is 5.35. The molecule has 1 unspecified atom stereocenters. The molecule has 1 aliphatic rings. The summed E-state index contributed by atoms with van der Waals surface area (Å²) in [6.07, 6.45) is 1.28. The summed E-state index contributed by atoms with van der Waals surface area (Å²) in [4.78, 5) is 2.48. The van der Waals surface area contributed by atoms with Gasteiger partial charge in [-0.25, -0.2) is 0 Å². The monoisotopic (exact) mass is 200 g/mol. The van der Waals surface area contributed by atoms with Gasteiger partial charge in [0.25, 0.3) is 0 Å². The number of hydrogen-bond acceptors (Lipinski definition) is 3. The molecule has 0 spiro atoms. The third-order valence-corrected chi connectivity index (χ3v) is 2.60. The molecule has 0 aromatic heterocycles. The van der Waals surface area contributed by atoms with Gasteiger partial charge in [-0.1, -0.05) is 13.8 Å². The van der Waals surface area contributed by atoms with Crippen molar-refractivity contribution in [3.8, 4) is 0 Å². The van der Waals surface area contributed by atoms with Gasteiger partial charge in [-0.3, -0.25) is 4.90 Å². The van der Waals surface area contributed by atoms with E-state index in [1.807, 2.05) is 6.92 Å². The number of nitrogens with zero attached hydrogens (tertiary/aromatic N) is 1. The lowest BCUT2D eigenvalue weighted by Gasteiger charge is -2.18. The largest absolute Gasteiger partial charge is 0.380 e. The molecule has 1 heterocycles. The second-order valence-electron chi connectivity index (χ2n) is 4.30. The summed E-state index contributed by atoms with van der Waals surface area (Å²) < 4.78 is 5.35. The minimum absolute atomic E-state index is 0.604. The summed E-state index contributed by atoms with van der Waals surface area (Å²) in [5.41, 5.74) is 0. The summed E-state index contributed by atoms with van der Waals surface area (Å²) in [5.74, 6) is 0. The van der Waals surface area contributed by atoms with E-state index in [4.69, 9.17) is 4.74 Å². The molecule has 1 rings (SSSR count). The zero-order valence-corrected chi connectivity index (χ0v) is 9.75. The van der Waals surface area contributed by atoms with Crippen molar-refractivity contribution in [2.75, 3.05) is 32.8 Å². The molecule has 0 bridgehead atoms. The van der Waals surface area contributed by atoms with E-state index in [0.717, 1.165) is 19.8 Å². The molecule has 0 aromatic carbocycles. The lowest BCUT2D eigenvalue weighted by Crippen LogP contribution is -2.37. The van der Waals surface area contributed by atoms with Crippen LogP contribution in [0.2, 0.25) is 0 Å². The molecule has 0 aliphatic carbocycles. The van der Waals surface area contributed by atoms with Gasteiger partial charge in [0.1, 0.15) is 0 Å². The van der Waals surface area contributed by atoms with Crippen LogP contribution in [-0.4, -0.2) is 49.8 Å². The molecule has 84 valence electrons. The first-order valence-corrected chi connectivity index (χ1v) is 5.78. The Morgan fingerprint density at radius 1 is 1.50 bits per heavy atom. The topological polar surface area (TPSA) is 24.5 Å². The summed E-state index contributed by atoms with van der Waals surface area (Å²) in [6, 6.07) is 1.29. The van der Waals surface area contributed by atoms with Crippen LogP contribution in [0.3, 0.4) is 0 Å². The molecule has 0 aromatic rings. The van der Waals surface area contributed by atoms with Gasteiger partial charge in [-0.2, -0.15) is 0 Å². The molecule has 1 fully saturated rings. The lowest BCUT2D eigenvalue weighted by molar-refractivity contribution is 0.121. The van der Waals surface area contributed by atoms with E-state index in [9.17, 15) is 0 Å². The maximum absolute atomic E-state index is 5.35. The van der Waals surface area contributed by atoms with Crippen molar-refractivity contribution in [1.29, 1.82) is 0 Å². The highest BCUT2D eigenvalue weighted by Gasteiger charge is 2.21. The summed E-state index contributed by atoms with van der Waals surface area (Å²) in [6.45, 7) is 11.7. The van der Waals surface area contributed by atoms with Crippen LogP contribution in [0.15, 0.2) is 0 Å². The standard InChI is InChI=1S/C11H24N2O/c1-4-14-8-7-13-6-5-11(9-13)12-10(2)3/h10-12H,4-9H2,1-3H3. The van der Waals surface area contributed by atoms with Crippen LogP contribution in [0.1, 0.15) is 27.2 Å². The molecule has 0 amide bonds. The quantitative estimate of drug-likeness (QED) is 0.650. The van der Waals surface area contributed by atoms with E-state index < -0.39 is 0 Å². The minimum Gasteiger partial charge on any atom is -0.380 e. The van der Waals surface area contributed by atoms with E-state index in [2.05, 4.69) is 24.1 Å². The fraction of sp³-hybridized carbons (Fsp3) is 1.00. The zero-order chi connectivity index (χ0) is 10.4. The van der Waals surface area contributed by atoms with Crippen LogP contribution in [0, 0.1) is 0 Å². The Bertz CT molecular complexity index is 150. The van der Waals surface area contributed by atoms with Crippen molar-refractivity contribution >= 4 is 0 Å². The van der Waals surface area contributed by atoms with Crippen LogP contribution < -0.4 is 5.32 Å². The van der Waals surface area contributed by atoms with Crippen molar-refractivity contribution in [2.24, 2.45) is 0 Å². The van der Waals surface area contributed by atoms with Gasteiger partial charge in [0.2, 0.25) is 0 Å². The molecule has 1 atom stereocenters. The van der Waals surface area contributed by atoms with Crippen molar-refractivity contribution in [3.05, 3.63) is 0 Å². The van der Waals surface area contributed by atoms with Gasteiger partial charge in [0.15, 0.2) is 0 Å². The van der Waals surface area contributed by atoms with Crippen LogP contribution in [0.5, 0.6) is 0 Å². The molecule has 1 saturated heterocycles. The van der Waals surface area contributed by atoms with Gasteiger partial charge < -0.3 is 10.1 Å². The second kappa shape index (κ2) is 6.38. The number of ether oxygens (including phenoxy) is 1. The normalized spacial score (nSPS) is 23.6. The Labute approximate surface area is 87.8 Å². The highest BCUT2D eigenvalue weighted by molar-refractivity contribution is 4.81. The molecule has 3 nitrogen and oxygen atoms in total. The van der Waals surface area contributed by atoms with E-state index in [1.54, 1.807) is 0 Å². The number of rotatable bonds is 6. The maximum Gasteiger partial charge on any atom is 0.0593 e. The van der Waals surface area contributed by atoms with Crippen molar-refractivity contribution in [1.82, 2.24) is 10.2 Å². The molecule has 14 heavy (non-hydrogen) atoms. The molecule has 3 heteroatoms. The average Bonchev–Trinajstić information content (AvgIpc) is 2.52. The highest BCUT2D eigenvalue weighted by atomic mass is 16.5. The molecule has 1 N–H and O–H groups in total. The predicted octanol–water partition coefficient (Wildman–Crippen LogP) is 1.10.